The van der Waals surface area contributed by atoms with E-state index in [1.807, 2.05) is 0 Å². The number of alkyl halides is 5. The number of rotatable bonds is 2. The minimum absolute atomic E-state index is 1.11. The molecule has 0 saturated heterocycles. The van der Waals surface area contributed by atoms with Gasteiger partial charge in [-0.25, -0.2) is 13.2 Å². The lowest BCUT2D eigenvalue weighted by Crippen LogP contribution is -2.40. The van der Waals surface area contributed by atoms with E-state index in [9.17, 15) is 13.2 Å². The van der Waals surface area contributed by atoms with E-state index in [0.717, 1.165) is 6.08 Å². The molecule has 0 saturated carbocycles. The SMILES string of the molecule is FCC(F)(F)C1C=CC=CC1(Cl)Cl. The van der Waals surface area contributed by atoms with Crippen molar-refractivity contribution in [3.05, 3.63) is 24.3 Å². The van der Waals surface area contributed by atoms with Gasteiger partial charge in [-0.15, -0.1) is 0 Å². The zero-order valence-corrected chi connectivity index (χ0v) is 8.00. The highest BCUT2D eigenvalue weighted by molar-refractivity contribution is 6.50. The fourth-order valence-corrected chi connectivity index (χ4v) is 1.71. The molecule has 1 unspecified atom stereocenters. The summed E-state index contributed by atoms with van der Waals surface area (Å²) in [6.45, 7) is -1.77. The van der Waals surface area contributed by atoms with Crippen molar-refractivity contribution < 1.29 is 13.2 Å². The van der Waals surface area contributed by atoms with Crippen molar-refractivity contribution >= 4 is 23.2 Å². The van der Waals surface area contributed by atoms with Crippen molar-refractivity contribution in [3.8, 4) is 0 Å². The molecule has 0 aromatic rings. The van der Waals surface area contributed by atoms with E-state index < -0.39 is 22.8 Å². The zero-order valence-electron chi connectivity index (χ0n) is 6.48. The molecule has 0 amide bonds. The summed E-state index contributed by atoms with van der Waals surface area (Å²) in [5, 5.41) is 0. The topological polar surface area (TPSA) is 0 Å². The van der Waals surface area contributed by atoms with Crippen LogP contribution in [0.15, 0.2) is 24.3 Å². The molecule has 0 heterocycles. The Morgan fingerprint density at radius 1 is 1.31 bits per heavy atom. The summed E-state index contributed by atoms with van der Waals surface area (Å²) in [5.41, 5.74) is 0. The number of allylic oxidation sites excluding steroid dienone is 4. The van der Waals surface area contributed by atoms with Gasteiger partial charge in [-0.2, -0.15) is 0 Å². The standard InChI is InChI=1S/C8H7Cl2F3/c9-7(10)4-2-1-3-6(7)8(12,13)5-11/h1-4,6H,5H2. The van der Waals surface area contributed by atoms with Gasteiger partial charge in [-0.1, -0.05) is 41.4 Å². The van der Waals surface area contributed by atoms with Crippen molar-refractivity contribution in [2.45, 2.75) is 10.3 Å². The van der Waals surface area contributed by atoms with Gasteiger partial charge in [-0.05, 0) is 6.08 Å². The molecule has 0 aliphatic heterocycles. The summed E-state index contributed by atoms with van der Waals surface area (Å²) in [5.74, 6) is -5.04. The van der Waals surface area contributed by atoms with Crippen LogP contribution in [0.3, 0.4) is 0 Å². The molecule has 13 heavy (non-hydrogen) atoms. The molecular formula is C8H7Cl2F3. The molecule has 5 heteroatoms. The monoisotopic (exact) mass is 230 g/mol. The van der Waals surface area contributed by atoms with Crippen LogP contribution in [0.25, 0.3) is 0 Å². The average molecular weight is 231 g/mol. The third kappa shape index (κ3) is 2.20. The van der Waals surface area contributed by atoms with Crippen LogP contribution < -0.4 is 0 Å². The van der Waals surface area contributed by atoms with E-state index in [1.165, 1.54) is 18.2 Å². The second-order valence-electron chi connectivity index (χ2n) is 2.79. The van der Waals surface area contributed by atoms with Crippen LogP contribution in [0, 0.1) is 5.92 Å². The maximum Gasteiger partial charge on any atom is 0.285 e. The first kappa shape index (κ1) is 10.9. The summed E-state index contributed by atoms with van der Waals surface area (Å²) in [6, 6.07) is 0. The zero-order chi connectivity index (χ0) is 10.1. The Bertz CT molecular complexity index is 246. The van der Waals surface area contributed by atoms with Crippen LogP contribution in [0.4, 0.5) is 13.2 Å². The number of hydrogen-bond acceptors (Lipinski definition) is 0. The predicted molar refractivity (Wildman–Crippen MR) is 47.1 cm³/mol. The lowest BCUT2D eigenvalue weighted by atomic mass is 9.93. The maximum atomic E-state index is 12.9. The third-order valence-electron chi connectivity index (χ3n) is 1.78. The third-order valence-corrected chi connectivity index (χ3v) is 2.50. The number of halogens is 5. The van der Waals surface area contributed by atoms with E-state index in [2.05, 4.69) is 0 Å². The molecule has 0 radical (unpaired) electrons. The molecule has 0 spiro atoms. The normalized spacial score (nSPS) is 26.4. The molecule has 0 N–H and O–H groups in total. The molecule has 1 atom stereocenters. The largest absolute Gasteiger partial charge is 0.285 e. The molecule has 1 aliphatic carbocycles. The van der Waals surface area contributed by atoms with E-state index in [1.54, 1.807) is 0 Å². The lowest BCUT2D eigenvalue weighted by Gasteiger charge is -2.31. The van der Waals surface area contributed by atoms with Crippen LogP contribution in [-0.2, 0) is 0 Å². The highest BCUT2D eigenvalue weighted by Gasteiger charge is 2.49. The lowest BCUT2D eigenvalue weighted by molar-refractivity contribution is -0.0613. The predicted octanol–water partition coefficient (Wildman–Crippen LogP) is 3.51. The van der Waals surface area contributed by atoms with Gasteiger partial charge >= 0.3 is 0 Å². The van der Waals surface area contributed by atoms with Crippen molar-refractivity contribution in [1.29, 1.82) is 0 Å². The Kier molecular flexibility index (Phi) is 2.98. The molecule has 0 bridgehead atoms. The van der Waals surface area contributed by atoms with Gasteiger partial charge in [0.05, 0.1) is 5.92 Å². The second-order valence-corrected chi connectivity index (χ2v) is 4.24. The van der Waals surface area contributed by atoms with E-state index in [0.29, 0.717) is 0 Å². The Labute approximate surface area is 84.0 Å². The summed E-state index contributed by atoms with van der Waals surface area (Å²) in [7, 11) is 0. The molecule has 1 aliphatic rings. The van der Waals surface area contributed by atoms with Crippen LogP contribution in [-0.4, -0.2) is 16.9 Å². The average Bonchev–Trinajstić information content (AvgIpc) is 2.03. The molecule has 0 nitrogen and oxygen atoms in total. The molecule has 0 aromatic heterocycles. The van der Waals surface area contributed by atoms with E-state index in [-0.39, 0.29) is 0 Å². The molecule has 74 valence electrons. The summed E-state index contributed by atoms with van der Waals surface area (Å²) in [4.78, 5) is 0. The van der Waals surface area contributed by atoms with Gasteiger partial charge in [-0.3, -0.25) is 0 Å². The van der Waals surface area contributed by atoms with Gasteiger partial charge in [0, 0.05) is 0 Å². The van der Waals surface area contributed by atoms with Gasteiger partial charge in [0.1, 0.15) is 4.33 Å². The van der Waals surface area contributed by atoms with Crippen molar-refractivity contribution in [2.24, 2.45) is 5.92 Å². The Balaban J connectivity index is 2.92. The van der Waals surface area contributed by atoms with E-state index in [4.69, 9.17) is 23.2 Å². The van der Waals surface area contributed by atoms with Crippen LogP contribution in [0.1, 0.15) is 0 Å². The molecule has 0 aromatic carbocycles. The first-order valence-electron chi connectivity index (χ1n) is 3.58. The van der Waals surface area contributed by atoms with Crippen molar-refractivity contribution in [2.75, 3.05) is 6.67 Å². The Morgan fingerprint density at radius 2 is 1.92 bits per heavy atom. The van der Waals surface area contributed by atoms with Gasteiger partial charge in [0.2, 0.25) is 0 Å². The van der Waals surface area contributed by atoms with Gasteiger partial charge in [0.15, 0.2) is 6.67 Å². The highest BCUT2D eigenvalue weighted by atomic mass is 35.5. The maximum absolute atomic E-state index is 12.9. The minimum Gasteiger partial charge on any atom is -0.244 e. The quantitative estimate of drug-likeness (QED) is 0.638. The summed E-state index contributed by atoms with van der Waals surface area (Å²) >= 11 is 11.2. The fraction of sp³-hybridized carbons (Fsp3) is 0.500. The summed E-state index contributed by atoms with van der Waals surface area (Å²) in [6.07, 6.45) is 5.14. The molecule has 1 rings (SSSR count). The molecular weight excluding hydrogens is 224 g/mol. The fourth-order valence-electron chi connectivity index (χ4n) is 1.10. The summed E-state index contributed by atoms with van der Waals surface area (Å²) < 4.78 is 36.1. The Hall–Kier alpha value is -0.150. The smallest absolute Gasteiger partial charge is 0.244 e. The van der Waals surface area contributed by atoms with Crippen LogP contribution in [0.5, 0.6) is 0 Å². The van der Waals surface area contributed by atoms with Crippen LogP contribution >= 0.6 is 23.2 Å². The van der Waals surface area contributed by atoms with Crippen molar-refractivity contribution in [1.82, 2.24) is 0 Å². The van der Waals surface area contributed by atoms with Crippen LogP contribution in [0.2, 0.25) is 0 Å². The first-order valence-corrected chi connectivity index (χ1v) is 4.33. The van der Waals surface area contributed by atoms with Gasteiger partial charge < -0.3 is 0 Å². The number of hydrogen-bond donors (Lipinski definition) is 0. The van der Waals surface area contributed by atoms with Crippen molar-refractivity contribution in [3.63, 3.8) is 0 Å². The highest BCUT2D eigenvalue weighted by Crippen LogP contribution is 2.44. The minimum atomic E-state index is -3.52. The molecule has 0 fully saturated rings. The van der Waals surface area contributed by atoms with Gasteiger partial charge in [0.25, 0.3) is 5.92 Å². The Morgan fingerprint density at radius 3 is 2.38 bits per heavy atom. The first-order chi connectivity index (χ1) is 5.90. The van der Waals surface area contributed by atoms with E-state index >= 15 is 0 Å². The second kappa shape index (κ2) is 3.54.